The lowest BCUT2D eigenvalue weighted by Crippen LogP contribution is -2.42. The first-order valence-electron chi connectivity index (χ1n) is 11.5. The molecule has 0 bridgehead atoms. The van der Waals surface area contributed by atoms with Gasteiger partial charge in [-0.25, -0.2) is 0 Å². The number of nitrogens with zero attached hydrogens (tertiary/aromatic N) is 1. The molecule has 172 valence electrons. The molecule has 1 amide bonds. The molecule has 0 saturated carbocycles. The van der Waals surface area contributed by atoms with Crippen LogP contribution in [0.25, 0.3) is 5.57 Å². The van der Waals surface area contributed by atoms with Crippen LogP contribution < -0.4 is 5.32 Å². The molecule has 0 spiro atoms. The second-order valence-corrected chi connectivity index (χ2v) is 8.29. The van der Waals surface area contributed by atoms with Crippen molar-refractivity contribution >= 4 is 23.0 Å². The first kappa shape index (κ1) is 23.3. The number of hydrogen-bond donors (Lipinski definition) is 2. The van der Waals surface area contributed by atoms with Gasteiger partial charge in [0.2, 0.25) is 0 Å². The van der Waals surface area contributed by atoms with Crippen molar-refractivity contribution < 1.29 is 14.7 Å². The number of hydrogen-bond acceptors (Lipinski definition) is 4. The van der Waals surface area contributed by atoms with E-state index < -0.39 is 6.04 Å². The van der Waals surface area contributed by atoms with Crippen LogP contribution in [-0.4, -0.2) is 41.7 Å². The topological polar surface area (TPSA) is 78.8 Å². The summed E-state index contributed by atoms with van der Waals surface area (Å²) in [5.41, 5.74) is 5.17. The van der Waals surface area contributed by atoms with Gasteiger partial charge in [-0.3, -0.25) is 14.6 Å². The highest BCUT2D eigenvalue weighted by Gasteiger charge is 2.24. The monoisotopic (exact) mass is 452 g/mol. The summed E-state index contributed by atoms with van der Waals surface area (Å²) in [6.45, 7) is 0.502. The number of amides is 1. The second kappa shape index (κ2) is 11.3. The highest BCUT2D eigenvalue weighted by Crippen LogP contribution is 2.23. The highest BCUT2D eigenvalue weighted by molar-refractivity contribution is 6.19. The Bertz CT molecular complexity index is 1200. The van der Waals surface area contributed by atoms with Crippen LogP contribution in [0.15, 0.2) is 96.0 Å². The number of aliphatic hydroxyl groups is 1. The summed E-state index contributed by atoms with van der Waals surface area (Å²) >= 11 is 0. The lowest BCUT2D eigenvalue weighted by atomic mass is 9.97. The molecule has 5 nitrogen and oxygen atoms in total. The average molecular weight is 453 g/mol. The molecule has 4 rings (SSSR count). The van der Waals surface area contributed by atoms with E-state index in [1.807, 2.05) is 72.8 Å². The van der Waals surface area contributed by atoms with E-state index in [0.29, 0.717) is 24.9 Å². The first-order valence-corrected chi connectivity index (χ1v) is 11.5. The molecular weight excluding hydrogens is 424 g/mol. The van der Waals surface area contributed by atoms with Gasteiger partial charge in [0.25, 0.3) is 5.91 Å². The molecule has 34 heavy (non-hydrogen) atoms. The Hall–Kier alpha value is -3.83. The van der Waals surface area contributed by atoms with Crippen molar-refractivity contribution in [2.45, 2.75) is 25.3 Å². The largest absolute Gasteiger partial charge is 0.396 e. The number of rotatable bonds is 10. The third-order valence-electron chi connectivity index (χ3n) is 5.88. The maximum absolute atomic E-state index is 13.4. The van der Waals surface area contributed by atoms with Gasteiger partial charge in [-0.2, -0.15) is 0 Å². The summed E-state index contributed by atoms with van der Waals surface area (Å²) < 4.78 is 0. The van der Waals surface area contributed by atoms with E-state index in [9.17, 15) is 9.59 Å². The smallest absolute Gasteiger partial charge is 0.252 e. The number of allylic oxidation sites excluding steroid dienone is 1. The number of carbonyl (C=O) groups excluding carboxylic acids is 2. The maximum Gasteiger partial charge on any atom is 0.252 e. The Balaban J connectivity index is 1.56. The normalized spacial score (nSPS) is 13.7. The Kier molecular flexibility index (Phi) is 7.79. The van der Waals surface area contributed by atoms with Gasteiger partial charge >= 0.3 is 0 Å². The quantitative estimate of drug-likeness (QED) is 0.483. The molecule has 2 N–H and O–H groups in total. The predicted molar refractivity (Wildman–Crippen MR) is 135 cm³/mol. The zero-order valence-corrected chi connectivity index (χ0v) is 19.0. The van der Waals surface area contributed by atoms with Crippen molar-refractivity contribution in [1.29, 1.82) is 0 Å². The third-order valence-corrected chi connectivity index (χ3v) is 5.88. The molecule has 3 aromatic carbocycles. The van der Waals surface area contributed by atoms with Crippen molar-refractivity contribution in [3.05, 3.63) is 113 Å². The lowest BCUT2D eigenvalue weighted by molar-refractivity contribution is -0.121. The molecule has 0 aromatic heterocycles. The SMILES string of the molecule is O=C(N[C@@H](Cc1ccccc1)C(=O)CCCO)c1ccccc1C1=NCC(c2ccccc2)=C1. The zero-order valence-electron chi connectivity index (χ0n) is 19.0. The van der Waals surface area contributed by atoms with Crippen LogP contribution in [0.5, 0.6) is 0 Å². The fourth-order valence-electron chi connectivity index (χ4n) is 4.08. The number of aliphatic hydroxyl groups excluding tert-OH is 1. The molecule has 1 atom stereocenters. The molecule has 0 saturated heterocycles. The highest BCUT2D eigenvalue weighted by atomic mass is 16.3. The molecular formula is C29H28N2O3. The molecule has 3 aromatic rings. The molecule has 1 heterocycles. The summed E-state index contributed by atoms with van der Waals surface area (Å²) in [5, 5.41) is 12.1. The number of aliphatic imine (C=N–C) groups is 1. The number of carbonyl (C=O) groups is 2. The number of benzene rings is 3. The van der Waals surface area contributed by atoms with Crippen LogP contribution in [0.1, 0.15) is 39.9 Å². The van der Waals surface area contributed by atoms with Crippen LogP contribution in [0.4, 0.5) is 0 Å². The molecule has 0 radical (unpaired) electrons. The van der Waals surface area contributed by atoms with Crippen molar-refractivity contribution in [2.75, 3.05) is 13.2 Å². The van der Waals surface area contributed by atoms with Gasteiger partial charge in [0.05, 0.1) is 18.3 Å². The van der Waals surface area contributed by atoms with E-state index in [2.05, 4.69) is 22.4 Å². The summed E-state index contributed by atoms with van der Waals surface area (Å²) in [6.07, 6.45) is 3.01. The number of ketones is 1. The molecule has 5 heteroatoms. The molecule has 0 aliphatic carbocycles. The van der Waals surface area contributed by atoms with E-state index in [0.717, 1.165) is 28.0 Å². The van der Waals surface area contributed by atoms with E-state index in [4.69, 9.17) is 5.11 Å². The fourth-order valence-corrected chi connectivity index (χ4v) is 4.08. The molecule has 1 aliphatic rings. The van der Waals surface area contributed by atoms with Gasteiger partial charge in [0.1, 0.15) is 0 Å². The van der Waals surface area contributed by atoms with E-state index >= 15 is 0 Å². The number of nitrogens with one attached hydrogen (secondary N) is 1. The standard InChI is InChI=1S/C29H28N2O3/c32-17-9-16-28(33)27(18-21-10-3-1-4-11-21)31-29(34)25-15-8-7-14-24(25)26-19-23(20-30-26)22-12-5-2-6-13-22/h1-8,10-15,19,27,32H,9,16-18,20H2,(H,31,34)/t27-/m0/s1. The van der Waals surface area contributed by atoms with Crippen molar-refractivity contribution in [3.63, 3.8) is 0 Å². The Labute approximate surface area is 199 Å². The van der Waals surface area contributed by atoms with Gasteiger partial charge in [0.15, 0.2) is 5.78 Å². The summed E-state index contributed by atoms with van der Waals surface area (Å²) in [6, 6.07) is 26.4. The minimum atomic E-state index is -0.671. The lowest BCUT2D eigenvalue weighted by Gasteiger charge is -2.19. The maximum atomic E-state index is 13.4. The van der Waals surface area contributed by atoms with E-state index in [1.165, 1.54) is 0 Å². The van der Waals surface area contributed by atoms with Gasteiger partial charge < -0.3 is 10.4 Å². The summed E-state index contributed by atoms with van der Waals surface area (Å²) in [5.74, 6) is -0.397. The van der Waals surface area contributed by atoms with E-state index in [1.54, 1.807) is 6.07 Å². The summed E-state index contributed by atoms with van der Waals surface area (Å²) in [4.78, 5) is 30.9. The van der Waals surface area contributed by atoms with Gasteiger partial charge in [0, 0.05) is 24.2 Å². The van der Waals surface area contributed by atoms with Crippen molar-refractivity contribution in [2.24, 2.45) is 4.99 Å². The van der Waals surface area contributed by atoms with Crippen LogP contribution in [-0.2, 0) is 11.2 Å². The molecule has 0 unspecified atom stereocenters. The van der Waals surface area contributed by atoms with Gasteiger partial charge in [-0.15, -0.1) is 0 Å². The average Bonchev–Trinajstić information content (AvgIpc) is 3.38. The van der Waals surface area contributed by atoms with Crippen LogP contribution >= 0.6 is 0 Å². The predicted octanol–water partition coefficient (Wildman–Crippen LogP) is 4.26. The third kappa shape index (κ3) is 5.74. The van der Waals surface area contributed by atoms with Crippen molar-refractivity contribution in [3.8, 4) is 0 Å². The number of Topliss-reactive ketones (excluding diaryl/α,β-unsaturated/α-hetero) is 1. The van der Waals surface area contributed by atoms with Gasteiger partial charge in [-0.05, 0) is 41.7 Å². The molecule has 1 aliphatic heterocycles. The fraction of sp³-hybridized carbons (Fsp3) is 0.207. The minimum absolute atomic E-state index is 0.0590. The summed E-state index contributed by atoms with van der Waals surface area (Å²) in [7, 11) is 0. The molecule has 0 fully saturated rings. The first-order chi connectivity index (χ1) is 16.7. The van der Waals surface area contributed by atoms with Crippen molar-refractivity contribution in [1.82, 2.24) is 5.32 Å². The van der Waals surface area contributed by atoms with E-state index in [-0.39, 0.29) is 24.7 Å². The van der Waals surface area contributed by atoms with Crippen LogP contribution in [0.2, 0.25) is 0 Å². The Morgan fingerprint density at radius 2 is 1.59 bits per heavy atom. The zero-order chi connectivity index (χ0) is 23.8. The Morgan fingerprint density at radius 3 is 2.32 bits per heavy atom. The Morgan fingerprint density at radius 1 is 0.912 bits per heavy atom. The minimum Gasteiger partial charge on any atom is -0.396 e. The van der Waals surface area contributed by atoms with Crippen LogP contribution in [0.3, 0.4) is 0 Å². The second-order valence-electron chi connectivity index (χ2n) is 8.29. The van der Waals surface area contributed by atoms with Gasteiger partial charge in [-0.1, -0.05) is 78.9 Å². The van der Waals surface area contributed by atoms with Crippen LogP contribution in [0, 0.1) is 0 Å².